The Labute approximate surface area is 257 Å². The summed E-state index contributed by atoms with van der Waals surface area (Å²) in [5.41, 5.74) is -2.38. The molecule has 46 heavy (non-hydrogen) atoms. The number of ether oxygens (including phenoxy) is 3. The average Bonchev–Trinajstić information content (AvgIpc) is 3.23. The van der Waals surface area contributed by atoms with E-state index in [9.17, 15) is 44.3 Å². The van der Waals surface area contributed by atoms with Gasteiger partial charge in [0.2, 0.25) is 0 Å². The van der Waals surface area contributed by atoms with Crippen molar-refractivity contribution in [2.75, 3.05) is 29.2 Å². The molecule has 1 saturated carbocycles. The summed E-state index contributed by atoms with van der Waals surface area (Å²) in [7, 11) is -1.65. The van der Waals surface area contributed by atoms with E-state index < -0.39 is 68.3 Å². The Morgan fingerprint density at radius 3 is 2.22 bits per heavy atom. The standard InChI is InChI=1S/C30H24F6N2O7S/c1-43-23-5-2-15(6-16-11-28(12-16)13-46(41,42)14-28)7-19(23)27(40)38-22-10-25-24(44-30(35,36)45-25)9-18(22)26(39)37-17-3-4-21(31)20(8-17)29(32,33)34/h2-5,7-10,16H,6,11-14H2,1H3,(H,37,39)(H,38,40). The van der Waals surface area contributed by atoms with Gasteiger partial charge in [-0.2, -0.15) is 13.2 Å². The Bertz CT molecular complexity index is 1860. The minimum Gasteiger partial charge on any atom is -0.496 e. The quantitative estimate of drug-likeness (QED) is 0.294. The van der Waals surface area contributed by atoms with Gasteiger partial charge in [0.15, 0.2) is 21.3 Å². The Hall–Kier alpha value is -4.47. The molecule has 3 aromatic carbocycles. The molecule has 6 rings (SSSR count). The maximum absolute atomic E-state index is 13.8. The Morgan fingerprint density at radius 1 is 0.935 bits per heavy atom. The van der Waals surface area contributed by atoms with Crippen molar-refractivity contribution in [2.24, 2.45) is 11.3 Å². The summed E-state index contributed by atoms with van der Waals surface area (Å²) in [4.78, 5) is 26.8. The third-order valence-corrected chi connectivity index (χ3v) is 10.2. The van der Waals surface area contributed by atoms with Crippen LogP contribution in [-0.2, 0) is 22.4 Å². The second kappa shape index (κ2) is 10.8. The lowest BCUT2D eigenvalue weighted by molar-refractivity contribution is -0.286. The van der Waals surface area contributed by atoms with Gasteiger partial charge in [-0.05, 0) is 72.6 Å². The van der Waals surface area contributed by atoms with Gasteiger partial charge in [0.05, 0.1) is 41.0 Å². The van der Waals surface area contributed by atoms with Crippen LogP contribution in [0.1, 0.15) is 44.7 Å². The fraction of sp³-hybridized carbons (Fsp3) is 0.333. The number of amides is 2. The van der Waals surface area contributed by atoms with Crippen molar-refractivity contribution in [1.82, 2.24) is 0 Å². The van der Waals surface area contributed by atoms with Crippen LogP contribution < -0.4 is 24.8 Å². The molecule has 2 heterocycles. The van der Waals surface area contributed by atoms with Crippen LogP contribution in [0.25, 0.3) is 0 Å². The summed E-state index contributed by atoms with van der Waals surface area (Å²) < 4.78 is 119. The van der Waals surface area contributed by atoms with Gasteiger partial charge in [-0.15, -0.1) is 8.78 Å². The minimum atomic E-state index is -5.07. The molecular formula is C30H24F6N2O7S. The summed E-state index contributed by atoms with van der Waals surface area (Å²) >= 11 is 0. The van der Waals surface area contributed by atoms with Crippen molar-refractivity contribution in [3.8, 4) is 17.2 Å². The Balaban J connectivity index is 1.26. The molecule has 3 aliphatic rings. The maximum atomic E-state index is 13.8. The van der Waals surface area contributed by atoms with Crippen molar-refractivity contribution in [3.63, 3.8) is 0 Å². The molecule has 1 spiro atoms. The second-order valence-electron chi connectivity index (χ2n) is 11.7. The molecule has 0 radical (unpaired) electrons. The van der Waals surface area contributed by atoms with E-state index in [1.807, 2.05) is 0 Å². The van der Waals surface area contributed by atoms with Gasteiger partial charge in [-0.1, -0.05) is 6.07 Å². The molecule has 9 nitrogen and oxygen atoms in total. The van der Waals surface area contributed by atoms with Gasteiger partial charge in [0.1, 0.15) is 11.6 Å². The van der Waals surface area contributed by atoms with Gasteiger partial charge in [0.25, 0.3) is 11.8 Å². The summed E-state index contributed by atoms with van der Waals surface area (Å²) in [5.74, 6) is -3.97. The molecule has 244 valence electrons. The lowest BCUT2D eigenvalue weighted by Crippen LogP contribution is -2.56. The number of halogens is 6. The van der Waals surface area contributed by atoms with Crippen LogP contribution in [0.2, 0.25) is 0 Å². The molecule has 2 fully saturated rings. The topological polar surface area (TPSA) is 120 Å². The van der Waals surface area contributed by atoms with Crippen molar-refractivity contribution in [2.45, 2.75) is 31.7 Å². The molecule has 2 aliphatic heterocycles. The molecule has 0 aromatic heterocycles. The lowest BCUT2D eigenvalue weighted by atomic mass is 9.62. The number of sulfone groups is 1. The molecule has 2 N–H and O–H groups in total. The van der Waals surface area contributed by atoms with Crippen LogP contribution in [0.15, 0.2) is 48.5 Å². The first kappa shape index (κ1) is 31.5. The number of rotatable bonds is 7. The van der Waals surface area contributed by atoms with Gasteiger partial charge >= 0.3 is 12.5 Å². The molecule has 3 aromatic rings. The smallest absolute Gasteiger partial charge is 0.496 e. The highest BCUT2D eigenvalue weighted by atomic mass is 32.2. The lowest BCUT2D eigenvalue weighted by Gasteiger charge is -2.53. The van der Waals surface area contributed by atoms with Crippen LogP contribution >= 0.6 is 0 Å². The van der Waals surface area contributed by atoms with Gasteiger partial charge in [-0.25, -0.2) is 12.8 Å². The van der Waals surface area contributed by atoms with Crippen LogP contribution in [0, 0.1) is 17.2 Å². The summed E-state index contributed by atoms with van der Waals surface area (Å²) in [6.07, 6.45) is -7.15. The monoisotopic (exact) mass is 670 g/mol. The number of hydrogen-bond donors (Lipinski definition) is 2. The summed E-state index contributed by atoms with van der Waals surface area (Å²) in [6.45, 7) is 0. The first-order valence-electron chi connectivity index (χ1n) is 13.8. The Kier molecular flexibility index (Phi) is 7.41. The predicted molar refractivity (Wildman–Crippen MR) is 150 cm³/mol. The second-order valence-corrected chi connectivity index (χ2v) is 13.7. The highest BCUT2D eigenvalue weighted by molar-refractivity contribution is 7.92. The van der Waals surface area contributed by atoms with Crippen LogP contribution in [0.5, 0.6) is 17.2 Å². The summed E-state index contributed by atoms with van der Waals surface area (Å²) in [5, 5.41) is 4.60. The van der Waals surface area contributed by atoms with E-state index in [2.05, 4.69) is 20.1 Å². The zero-order valence-electron chi connectivity index (χ0n) is 23.8. The zero-order chi connectivity index (χ0) is 33.2. The third-order valence-electron chi connectivity index (χ3n) is 8.09. The van der Waals surface area contributed by atoms with Crippen molar-refractivity contribution >= 4 is 33.0 Å². The Morgan fingerprint density at radius 2 is 1.59 bits per heavy atom. The largest absolute Gasteiger partial charge is 0.586 e. The van der Waals surface area contributed by atoms with E-state index in [0.29, 0.717) is 18.6 Å². The first-order chi connectivity index (χ1) is 21.4. The SMILES string of the molecule is COc1ccc(CC2CC3(C2)CS(=O)(=O)C3)cc1C(=O)Nc1cc2c(cc1C(=O)Nc1ccc(F)c(C(F)(F)F)c1)OC(F)(F)O2. The molecule has 1 aliphatic carbocycles. The zero-order valence-corrected chi connectivity index (χ0v) is 24.6. The number of alkyl halides is 5. The number of carbonyl (C=O) groups excluding carboxylic acids is 2. The molecule has 0 unspecified atom stereocenters. The average molecular weight is 671 g/mol. The molecule has 0 bridgehead atoms. The number of anilines is 2. The van der Waals surface area contributed by atoms with E-state index in [-0.39, 0.29) is 39.8 Å². The van der Waals surface area contributed by atoms with Crippen LogP contribution in [0.3, 0.4) is 0 Å². The van der Waals surface area contributed by atoms with E-state index in [4.69, 9.17) is 4.74 Å². The number of benzene rings is 3. The molecular weight excluding hydrogens is 646 g/mol. The number of methoxy groups -OCH3 is 1. The molecule has 1 saturated heterocycles. The van der Waals surface area contributed by atoms with Crippen LogP contribution in [-0.4, -0.2) is 45.1 Å². The maximum Gasteiger partial charge on any atom is 0.586 e. The fourth-order valence-electron chi connectivity index (χ4n) is 6.32. The number of nitrogens with one attached hydrogen (secondary N) is 2. The molecule has 0 atom stereocenters. The van der Waals surface area contributed by atoms with Crippen molar-refractivity contribution < 1.29 is 58.6 Å². The normalized spacial score (nSPS) is 18.8. The first-order valence-corrected chi connectivity index (χ1v) is 15.6. The van der Waals surface area contributed by atoms with Crippen LogP contribution in [0.4, 0.5) is 37.7 Å². The number of hydrogen-bond acceptors (Lipinski definition) is 7. The minimum absolute atomic E-state index is 0.0166. The fourth-order valence-corrected chi connectivity index (χ4v) is 8.58. The molecule has 16 heteroatoms. The molecule has 2 amide bonds. The van der Waals surface area contributed by atoms with Crippen molar-refractivity contribution in [1.29, 1.82) is 0 Å². The van der Waals surface area contributed by atoms with Crippen molar-refractivity contribution in [3.05, 3.63) is 76.6 Å². The highest BCUT2D eigenvalue weighted by Crippen LogP contribution is 2.54. The van der Waals surface area contributed by atoms with E-state index in [0.717, 1.165) is 36.6 Å². The summed E-state index contributed by atoms with van der Waals surface area (Å²) in [6, 6.07) is 8.28. The third kappa shape index (κ3) is 6.17. The van der Waals surface area contributed by atoms with E-state index in [1.54, 1.807) is 18.2 Å². The predicted octanol–water partition coefficient (Wildman–Crippen LogP) is 6.05. The van der Waals surface area contributed by atoms with E-state index >= 15 is 0 Å². The van der Waals surface area contributed by atoms with Gasteiger partial charge < -0.3 is 24.8 Å². The number of fused-ring (bicyclic) bond motifs is 1. The van der Waals surface area contributed by atoms with Gasteiger partial charge in [0, 0.05) is 11.8 Å². The number of carbonyl (C=O) groups is 2. The highest BCUT2D eigenvalue weighted by Gasteiger charge is 2.55. The van der Waals surface area contributed by atoms with E-state index in [1.165, 1.54) is 7.11 Å². The van der Waals surface area contributed by atoms with Gasteiger partial charge in [-0.3, -0.25) is 9.59 Å².